The molecule has 10 heteroatoms. The van der Waals surface area contributed by atoms with Crippen LogP contribution in [0.4, 0.5) is 18.9 Å². The number of nitrogens with one attached hydrogen (secondary N) is 1. The van der Waals surface area contributed by atoms with E-state index in [1.54, 1.807) is 0 Å². The number of aliphatic hydroxyl groups is 1. The Labute approximate surface area is 170 Å². The van der Waals surface area contributed by atoms with Crippen molar-refractivity contribution in [1.82, 2.24) is 4.90 Å². The second kappa shape index (κ2) is 8.23. The molecule has 0 spiro atoms. The quantitative estimate of drug-likeness (QED) is 0.771. The number of hydrogen-bond donors (Lipinski definition) is 2. The van der Waals surface area contributed by atoms with Crippen LogP contribution >= 0.6 is 0 Å². The van der Waals surface area contributed by atoms with Crippen LogP contribution in [0.2, 0.25) is 0 Å². The minimum Gasteiger partial charge on any atom is -0.495 e. The molecule has 2 atom stereocenters. The highest BCUT2D eigenvalue weighted by Crippen LogP contribution is 2.34. The summed E-state index contributed by atoms with van der Waals surface area (Å²) in [6.07, 6.45) is -5.72. The fraction of sp³-hybridized carbons (Fsp3) is 0.300. The first-order valence-electron chi connectivity index (χ1n) is 8.89. The highest BCUT2D eigenvalue weighted by molar-refractivity contribution is 6.00. The van der Waals surface area contributed by atoms with E-state index in [1.165, 1.54) is 44.5 Å². The Kier molecular flexibility index (Phi) is 5.88. The molecule has 1 fully saturated rings. The molecule has 2 amide bonds. The zero-order valence-electron chi connectivity index (χ0n) is 16.1. The molecule has 0 aromatic heterocycles. The maximum absolute atomic E-state index is 12.7. The third kappa shape index (κ3) is 4.48. The number of carbonyl (C=O) groups is 2. The van der Waals surface area contributed by atoms with Crippen LogP contribution in [-0.2, 0) is 15.8 Å². The van der Waals surface area contributed by atoms with Crippen molar-refractivity contribution in [1.29, 1.82) is 0 Å². The first-order chi connectivity index (χ1) is 14.1. The topological polar surface area (TPSA) is 88.1 Å². The Morgan fingerprint density at radius 1 is 1.17 bits per heavy atom. The lowest BCUT2D eigenvalue weighted by atomic mass is 10.1. The molecular formula is C20H19F3N2O5. The number of halogens is 3. The summed E-state index contributed by atoms with van der Waals surface area (Å²) in [4.78, 5) is 25.4. The predicted molar refractivity (Wildman–Crippen MR) is 100 cm³/mol. The Morgan fingerprint density at radius 2 is 1.80 bits per heavy atom. The molecular weight excluding hydrogens is 405 g/mol. The molecule has 2 aromatic rings. The number of hydrogen-bond acceptors (Lipinski definition) is 5. The van der Waals surface area contributed by atoms with Gasteiger partial charge in [0.2, 0.25) is 5.91 Å². The molecule has 160 valence electrons. The van der Waals surface area contributed by atoms with Crippen molar-refractivity contribution in [2.75, 3.05) is 19.5 Å². The van der Waals surface area contributed by atoms with Crippen molar-refractivity contribution in [3.63, 3.8) is 0 Å². The molecule has 0 saturated carbocycles. The molecule has 0 radical (unpaired) electrons. The first kappa shape index (κ1) is 21.4. The highest BCUT2D eigenvalue weighted by atomic mass is 19.4. The number of rotatable bonds is 5. The molecule has 7 nitrogen and oxygen atoms in total. The molecule has 1 aliphatic rings. The van der Waals surface area contributed by atoms with Gasteiger partial charge in [-0.2, -0.15) is 13.2 Å². The van der Waals surface area contributed by atoms with E-state index in [4.69, 9.17) is 9.47 Å². The largest absolute Gasteiger partial charge is 0.495 e. The van der Waals surface area contributed by atoms with Crippen LogP contribution in [0.25, 0.3) is 0 Å². The summed E-state index contributed by atoms with van der Waals surface area (Å²) in [6, 6.07) is 7.82. The summed E-state index contributed by atoms with van der Waals surface area (Å²) < 4.78 is 48.8. The van der Waals surface area contributed by atoms with E-state index in [-0.39, 0.29) is 23.6 Å². The van der Waals surface area contributed by atoms with Crippen molar-refractivity contribution >= 4 is 17.5 Å². The lowest BCUT2D eigenvalue weighted by molar-refractivity contribution is -0.137. The first-order valence-corrected chi connectivity index (χ1v) is 8.89. The average molecular weight is 424 g/mol. The van der Waals surface area contributed by atoms with Crippen molar-refractivity contribution in [2.45, 2.75) is 24.7 Å². The number of alkyl halides is 3. The van der Waals surface area contributed by atoms with Crippen LogP contribution < -0.4 is 14.8 Å². The van der Waals surface area contributed by atoms with Crippen LogP contribution in [0, 0.1) is 0 Å². The number of aliphatic hydroxyl groups excluding tert-OH is 1. The van der Waals surface area contributed by atoms with E-state index in [0.29, 0.717) is 5.75 Å². The number of ether oxygens (including phenoxy) is 2. The van der Waals surface area contributed by atoms with Gasteiger partial charge in [-0.15, -0.1) is 0 Å². The Bertz CT molecular complexity index is 946. The summed E-state index contributed by atoms with van der Waals surface area (Å²) in [5, 5.41) is 12.3. The summed E-state index contributed by atoms with van der Waals surface area (Å²) in [7, 11) is 2.82. The molecule has 2 aromatic carbocycles. The van der Waals surface area contributed by atoms with E-state index in [1.807, 2.05) is 0 Å². The Morgan fingerprint density at radius 3 is 2.33 bits per heavy atom. The van der Waals surface area contributed by atoms with Crippen molar-refractivity contribution in [3.05, 3.63) is 48.0 Å². The van der Waals surface area contributed by atoms with E-state index in [2.05, 4.69) is 5.32 Å². The fourth-order valence-corrected chi connectivity index (χ4v) is 3.05. The van der Waals surface area contributed by atoms with Crippen LogP contribution in [0.1, 0.15) is 12.0 Å². The minimum atomic E-state index is -4.45. The van der Waals surface area contributed by atoms with Gasteiger partial charge in [0.25, 0.3) is 5.91 Å². The predicted octanol–water partition coefficient (Wildman–Crippen LogP) is 3.04. The van der Waals surface area contributed by atoms with E-state index in [0.717, 1.165) is 17.0 Å². The van der Waals surface area contributed by atoms with Crippen LogP contribution in [0.5, 0.6) is 17.2 Å². The molecule has 0 bridgehead atoms. The lowest BCUT2D eigenvalue weighted by Gasteiger charge is -2.20. The third-order valence-corrected chi connectivity index (χ3v) is 4.70. The fourth-order valence-electron chi connectivity index (χ4n) is 3.05. The summed E-state index contributed by atoms with van der Waals surface area (Å²) in [6.45, 7) is 0. The zero-order valence-corrected chi connectivity index (χ0v) is 16.1. The van der Waals surface area contributed by atoms with Gasteiger partial charge < -0.3 is 24.8 Å². The Balaban J connectivity index is 1.77. The maximum atomic E-state index is 12.7. The SMILES string of the molecule is COc1ccc(Oc2ccc(C(F)(F)F)cc2)cc1NC(=O)[C@@H]1C[C@H](O)C(=O)N1C. The van der Waals surface area contributed by atoms with Crippen molar-refractivity contribution < 1.29 is 37.3 Å². The van der Waals surface area contributed by atoms with Crippen LogP contribution in [0.15, 0.2) is 42.5 Å². The number of likely N-dealkylation sites (tertiary alicyclic amines) is 1. The van der Waals surface area contributed by atoms with Gasteiger partial charge in [0, 0.05) is 19.5 Å². The van der Waals surface area contributed by atoms with Crippen LogP contribution in [0.3, 0.4) is 0 Å². The van der Waals surface area contributed by atoms with Gasteiger partial charge in [0.1, 0.15) is 29.4 Å². The number of amides is 2. The summed E-state index contributed by atoms with van der Waals surface area (Å²) >= 11 is 0. The second-order valence-electron chi connectivity index (χ2n) is 6.69. The van der Waals surface area contributed by atoms with Crippen molar-refractivity contribution in [2.24, 2.45) is 0 Å². The third-order valence-electron chi connectivity index (χ3n) is 4.70. The van der Waals surface area contributed by atoms with E-state index >= 15 is 0 Å². The number of anilines is 1. The maximum Gasteiger partial charge on any atom is 0.416 e. The second-order valence-corrected chi connectivity index (χ2v) is 6.69. The van der Waals surface area contributed by atoms with Gasteiger partial charge in [-0.25, -0.2) is 0 Å². The molecule has 30 heavy (non-hydrogen) atoms. The van der Waals surface area contributed by atoms with Gasteiger partial charge in [0.05, 0.1) is 18.4 Å². The lowest BCUT2D eigenvalue weighted by Crippen LogP contribution is -2.39. The number of methoxy groups -OCH3 is 1. The molecule has 3 rings (SSSR count). The number of nitrogens with zero attached hydrogens (tertiary/aromatic N) is 1. The molecule has 1 saturated heterocycles. The number of benzene rings is 2. The zero-order chi connectivity index (χ0) is 22.1. The molecule has 1 aliphatic heterocycles. The van der Waals surface area contributed by atoms with E-state index < -0.39 is 35.7 Å². The number of likely N-dealkylation sites (N-methyl/N-ethyl adjacent to an activating group) is 1. The smallest absolute Gasteiger partial charge is 0.416 e. The van der Waals surface area contributed by atoms with Gasteiger partial charge in [-0.3, -0.25) is 9.59 Å². The van der Waals surface area contributed by atoms with Gasteiger partial charge in [-0.1, -0.05) is 0 Å². The summed E-state index contributed by atoms with van der Waals surface area (Å²) in [5.41, 5.74) is -0.552. The van der Waals surface area contributed by atoms with Gasteiger partial charge >= 0.3 is 6.18 Å². The normalized spacial score (nSPS) is 19.0. The standard InChI is InChI=1S/C20H19F3N2O5/c1-25-15(10-16(26)19(25)28)18(27)24-14-9-13(7-8-17(14)29-2)30-12-5-3-11(4-6-12)20(21,22)23/h3-9,15-16,26H,10H2,1-2H3,(H,24,27)/t15-,16-/m0/s1. The average Bonchev–Trinajstić information content (AvgIpc) is 2.95. The molecule has 2 N–H and O–H groups in total. The van der Waals surface area contributed by atoms with Gasteiger partial charge in [-0.05, 0) is 36.4 Å². The minimum absolute atomic E-state index is 0.0365. The highest BCUT2D eigenvalue weighted by Gasteiger charge is 2.40. The number of carbonyl (C=O) groups excluding carboxylic acids is 2. The van der Waals surface area contributed by atoms with E-state index in [9.17, 15) is 27.9 Å². The molecule has 0 aliphatic carbocycles. The summed E-state index contributed by atoms with van der Waals surface area (Å²) in [5.74, 6) is -0.319. The van der Waals surface area contributed by atoms with Crippen molar-refractivity contribution in [3.8, 4) is 17.2 Å². The molecule has 1 heterocycles. The monoisotopic (exact) mass is 424 g/mol. The van der Waals surface area contributed by atoms with Crippen LogP contribution in [-0.4, -0.2) is 48.1 Å². The Hall–Kier alpha value is -3.27. The van der Waals surface area contributed by atoms with Gasteiger partial charge in [0.15, 0.2) is 0 Å². The molecule has 0 unspecified atom stereocenters.